The number of nitrogens with one attached hydrogen (secondary N) is 1. The fourth-order valence-corrected chi connectivity index (χ4v) is 2.39. The van der Waals surface area contributed by atoms with Crippen LogP contribution in [0.2, 0.25) is 0 Å². The van der Waals surface area contributed by atoms with Crippen LogP contribution in [0.1, 0.15) is 36.0 Å². The average Bonchev–Trinajstić information content (AvgIpc) is 2.41. The molecule has 1 aliphatic rings. The Kier molecular flexibility index (Phi) is 4.37. The highest BCUT2D eigenvalue weighted by molar-refractivity contribution is 5.94. The van der Waals surface area contributed by atoms with Crippen LogP contribution in [0, 0.1) is 5.82 Å². The molecule has 0 bridgehead atoms. The third kappa shape index (κ3) is 3.23. The Bertz CT molecular complexity index is 465. The van der Waals surface area contributed by atoms with Crippen molar-refractivity contribution < 1.29 is 13.9 Å². The van der Waals surface area contributed by atoms with E-state index >= 15 is 0 Å². The summed E-state index contributed by atoms with van der Waals surface area (Å²) in [6, 6.07) is 4.09. The molecule has 4 nitrogen and oxygen atoms in total. The number of hydrogen-bond acceptors (Lipinski definition) is 3. The van der Waals surface area contributed by atoms with Gasteiger partial charge < -0.3 is 15.8 Å². The minimum absolute atomic E-state index is 0.0265. The number of benzene rings is 1. The van der Waals surface area contributed by atoms with Crippen molar-refractivity contribution in [1.82, 2.24) is 5.32 Å². The number of amides is 1. The molecule has 1 aliphatic carbocycles. The van der Waals surface area contributed by atoms with Gasteiger partial charge in [0.1, 0.15) is 11.6 Å². The van der Waals surface area contributed by atoms with Gasteiger partial charge in [0.15, 0.2) is 0 Å². The fraction of sp³-hybridized carbons (Fsp3) is 0.500. The Morgan fingerprint density at radius 2 is 2.16 bits per heavy atom. The van der Waals surface area contributed by atoms with Crippen LogP contribution in [0.4, 0.5) is 4.39 Å². The quantitative estimate of drug-likeness (QED) is 0.877. The van der Waals surface area contributed by atoms with Gasteiger partial charge in [-0.1, -0.05) is 12.8 Å². The first kappa shape index (κ1) is 13.8. The molecule has 0 radical (unpaired) electrons. The molecule has 0 aromatic heterocycles. The first-order valence-corrected chi connectivity index (χ1v) is 6.52. The second kappa shape index (κ2) is 6.02. The number of methoxy groups -OCH3 is 1. The van der Waals surface area contributed by atoms with Crippen molar-refractivity contribution in [2.24, 2.45) is 5.73 Å². The van der Waals surface area contributed by atoms with Crippen LogP contribution in [0.15, 0.2) is 18.2 Å². The van der Waals surface area contributed by atoms with Crippen molar-refractivity contribution in [3.05, 3.63) is 29.6 Å². The van der Waals surface area contributed by atoms with Gasteiger partial charge in [-0.2, -0.15) is 0 Å². The van der Waals surface area contributed by atoms with E-state index in [1.54, 1.807) is 6.07 Å². The van der Waals surface area contributed by atoms with Crippen LogP contribution in [0.5, 0.6) is 5.75 Å². The van der Waals surface area contributed by atoms with Crippen LogP contribution in [0.25, 0.3) is 0 Å². The van der Waals surface area contributed by atoms with Gasteiger partial charge in [0.2, 0.25) is 0 Å². The number of halogens is 1. The zero-order chi connectivity index (χ0) is 13.8. The molecule has 2 rings (SSSR count). The van der Waals surface area contributed by atoms with Gasteiger partial charge in [0.25, 0.3) is 5.91 Å². The van der Waals surface area contributed by atoms with Gasteiger partial charge in [-0.15, -0.1) is 0 Å². The second-order valence-corrected chi connectivity index (χ2v) is 4.87. The van der Waals surface area contributed by atoms with E-state index in [4.69, 9.17) is 10.5 Å². The zero-order valence-electron chi connectivity index (χ0n) is 11.0. The van der Waals surface area contributed by atoms with E-state index in [2.05, 4.69) is 5.32 Å². The number of nitrogens with two attached hydrogens (primary N) is 1. The molecular formula is C14H19FN2O2. The van der Waals surface area contributed by atoms with Gasteiger partial charge in [0.05, 0.1) is 12.7 Å². The normalized spacial score (nSPS) is 22.9. The van der Waals surface area contributed by atoms with E-state index in [0.717, 1.165) is 25.7 Å². The monoisotopic (exact) mass is 266 g/mol. The lowest BCUT2D eigenvalue weighted by atomic mass is 9.91. The van der Waals surface area contributed by atoms with E-state index in [1.165, 1.54) is 19.2 Å². The topological polar surface area (TPSA) is 64.3 Å². The molecule has 1 fully saturated rings. The Balaban J connectivity index is 2.07. The number of carbonyl (C=O) groups excluding carboxylic acids is 1. The summed E-state index contributed by atoms with van der Waals surface area (Å²) in [6.45, 7) is 0. The van der Waals surface area contributed by atoms with E-state index in [0.29, 0.717) is 5.75 Å². The highest BCUT2D eigenvalue weighted by Crippen LogP contribution is 2.19. The van der Waals surface area contributed by atoms with Crippen molar-refractivity contribution in [2.75, 3.05) is 7.11 Å². The summed E-state index contributed by atoms with van der Waals surface area (Å²) >= 11 is 0. The molecule has 0 spiro atoms. The maximum atomic E-state index is 13.8. The van der Waals surface area contributed by atoms with Crippen LogP contribution < -0.4 is 15.8 Å². The smallest absolute Gasteiger partial charge is 0.254 e. The van der Waals surface area contributed by atoms with Crippen LogP contribution >= 0.6 is 0 Å². The average molecular weight is 266 g/mol. The van der Waals surface area contributed by atoms with Gasteiger partial charge in [-0.05, 0) is 25.0 Å². The highest BCUT2D eigenvalue weighted by atomic mass is 19.1. The summed E-state index contributed by atoms with van der Waals surface area (Å²) in [7, 11) is 1.45. The molecule has 1 aromatic carbocycles. The van der Waals surface area contributed by atoms with Crippen LogP contribution in [-0.2, 0) is 0 Å². The molecule has 3 N–H and O–H groups in total. The maximum Gasteiger partial charge on any atom is 0.254 e. The standard InChI is InChI=1S/C14H19FN2O2/c1-19-9-6-7-10(11(15)8-9)14(18)17-13-5-3-2-4-12(13)16/h6-8,12-13H,2-5,16H2,1H3,(H,17,18)/t12-,13-/m1/s1. The van der Waals surface area contributed by atoms with Crippen LogP contribution in [-0.4, -0.2) is 25.1 Å². The second-order valence-electron chi connectivity index (χ2n) is 4.87. The summed E-state index contributed by atoms with van der Waals surface area (Å²) in [4.78, 5) is 12.0. The molecule has 1 amide bonds. The van der Waals surface area contributed by atoms with Crippen molar-refractivity contribution >= 4 is 5.91 Å². The van der Waals surface area contributed by atoms with Gasteiger partial charge >= 0.3 is 0 Å². The number of hydrogen-bond donors (Lipinski definition) is 2. The molecule has 0 saturated heterocycles. The molecule has 19 heavy (non-hydrogen) atoms. The maximum absolute atomic E-state index is 13.8. The third-order valence-corrected chi connectivity index (χ3v) is 3.56. The Hall–Kier alpha value is -1.62. The largest absolute Gasteiger partial charge is 0.497 e. The predicted molar refractivity (Wildman–Crippen MR) is 70.6 cm³/mol. The minimum Gasteiger partial charge on any atom is -0.497 e. The lowest BCUT2D eigenvalue weighted by molar-refractivity contribution is 0.0917. The van der Waals surface area contributed by atoms with E-state index in [-0.39, 0.29) is 17.6 Å². The van der Waals surface area contributed by atoms with Crippen molar-refractivity contribution in [1.29, 1.82) is 0 Å². The molecule has 0 unspecified atom stereocenters. The van der Waals surface area contributed by atoms with Crippen LogP contribution in [0.3, 0.4) is 0 Å². The molecule has 1 saturated carbocycles. The highest BCUT2D eigenvalue weighted by Gasteiger charge is 2.24. The summed E-state index contributed by atoms with van der Waals surface area (Å²) in [5.74, 6) is -0.604. The molecular weight excluding hydrogens is 247 g/mol. The SMILES string of the molecule is COc1ccc(C(=O)N[C@@H]2CCCC[C@H]2N)c(F)c1. The van der Waals surface area contributed by atoms with E-state index in [1.807, 2.05) is 0 Å². The summed E-state index contributed by atoms with van der Waals surface area (Å²) in [6.07, 6.45) is 3.88. The number of rotatable bonds is 3. The van der Waals surface area contributed by atoms with Gasteiger partial charge in [-0.3, -0.25) is 4.79 Å². The Morgan fingerprint density at radius 3 is 2.79 bits per heavy atom. The molecule has 5 heteroatoms. The predicted octanol–water partition coefficient (Wildman–Crippen LogP) is 1.83. The summed E-state index contributed by atoms with van der Waals surface area (Å²) < 4.78 is 18.7. The Morgan fingerprint density at radius 1 is 1.42 bits per heavy atom. The summed E-state index contributed by atoms with van der Waals surface area (Å²) in [5.41, 5.74) is 5.99. The lowest BCUT2D eigenvalue weighted by Gasteiger charge is -2.29. The molecule has 0 heterocycles. The Labute approximate surface area is 112 Å². The lowest BCUT2D eigenvalue weighted by Crippen LogP contribution is -2.49. The molecule has 2 atom stereocenters. The first-order chi connectivity index (χ1) is 9.11. The molecule has 104 valence electrons. The van der Waals surface area contributed by atoms with E-state index < -0.39 is 11.7 Å². The molecule has 1 aromatic rings. The fourth-order valence-electron chi connectivity index (χ4n) is 2.39. The number of carbonyl (C=O) groups is 1. The summed E-state index contributed by atoms with van der Waals surface area (Å²) in [5, 5.41) is 2.82. The van der Waals surface area contributed by atoms with Gasteiger partial charge in [-0.25, -0.2) is 4.39 Å². The zero-order valence-corrected chi connectivity index (χ0v) is 11.0. The molecule has 0 aliphatic heterocycles. The minimum atomic E-state index is -0.582. The van der Waals surface area contributed by atoms with Crippen molar-refractivity contribution in [3.63, 3.8) is 0 Å². The van der Waals surface area contributed by atoms with E-state index in [9.17, 15) is 9.18 Å². The number of ether oxygens (including phenoxy) is 1. The third-order valence-electron chi connectivity index (χ3n) is 3.56. The van der Waals surface area contributed by atoms with Gasteiger partial charge in [0, 0.05) is 18.2 Å². The first-order valence-electron chi connectivity index (χ1n) is 6.52. The van der Waals surface area contributed by atoms with Crippen molar-refractivity contribution in [2.45, 2.75) is 37.8 Å². The van der Waals surface area contributed by atoms with Crippen molar-refractivity contribution in [3.8, 4) is 5.75 Å².